The molecule has 0 fully saturated rings. The molecule has 152 valence electrons. The van der Waals surface area contributed by atoms with Crippen LogP contribution in [0, 0.1) is 0 Å². The third-order valence-electron chi connectivity index (χ3n) is 4.59. The molecule has 0 amide bonds. The fourth-order valence-corrected chi connectivity index (χ4v) is 3.36. The SMILES string of the molecule is Oc1c(N=Nc2ccccc2)c2cc(Cl)ccc2n1Cc1cccc(C(F)(F)F)c1. The molecule has 4 aromatic rings. The van der Waals surface area contributed by atoms with Gasteiger partial charge >= 0.3 is 6.18 Å². The first kappa shape index (κ1) is 20.0. The Labute approximate surface area is 174 Å². The van der Waals surface area contributed by atoms with Gasteiger partial charge in [0.1, 0.15) is 0 Å². The lowest BCUT2D eigenvalue weighted by Crippen LogP contribution is -2.06. The average Bonchev–Trinajstić information content (AvgIpc) is 2.97. The second-order valence-electron chi connectivity index (χ2n) is 6.65. The van der Waals surface area contributed by atoms with E-state index < -0.39 is 11.7 Å². The van der Waals surface area contributed by atoms with Crippen molar-refractivity contribution in [3.8, 4) is 5.88 Å². The highest BCUT2D eigenvalue weighted by Gasteiger charge is 2.30. The molecule has 3 aromatic carbocycles. The quantitative estimate of drug-likeness (QED) is 0.336. The van der Waals surface area contributed by atoms with Gasteiger partial charge in [0.15, 0.2) is 5.69 Å². The fourth-order valence-electron chi connectivity index (χ4n) is 3.19. The number of fused-ring (bicyclic) bond motifs is 1. The van der Waals surface area contributed by atoms with Gasteiger partial charge in [-0.1, -0.05) is 41.9 Å². The van der Waals surface area contributed by atoms with Crippen LogP contribution in [0.5, 0.6) is 5.88 Å². The number of aromatic nitrogens is 1. The number of benzene rings is 3. The summed E-state index contributed by atoms with van der Waals surface area (Å²) in [5.74, 6) is -0.204. The van der Waals surface area contributed by atoms with Gasteiger partial charge < -0.3 is 9.67 Å². The molecule has 30 heavy (non-hydrogen) atoms. The van der Waals surface area contributed by atoms with E-state index in [9.17, 15) is 18.3 Å². The van der Waals surface area contributed by atoms with Gasteiger partial charge in [-0.15, -0.1) is 5.11 Å². The number of hydrogen-bond acceptors (Lipinski definition) is 3. The Hall–Kier alpha value is -3.32. The van der Waals surface area contributed by atoms with E-state index in [1.165, 1.54) is 10.6 Å². The van der Waals surface area contributed by atoms with Crippen molar-refractivity contribution in [2.75, 3.05) is 0 Å². The summed E-state index contributed by atoms with van der Waals surface area (Å²) in [6, 6.07) is 18.9. The standard InChI is InChI=1S/C22H15ClF3N3O/c23-16-9-10-19-18(12-16)20(28-27-17-7-2-1-3-8-17)21(30)29(19)13-14-5-4-6-15(11-14)22(24,25)26/h1-12,30H,13H2. The Bertz CT molecular complexity index is 1230. The molecule has 1 N–H and O–H groups in total. The molecule has 0 bridgehead atoms. The monoisotopic (exact) mass is 429 g/mol. The molecular weight excluding hydrogens is 415 g/mol. The normalized spacial score (nSPS) is 12.1. The highest BCUT2D eigenvalue weighted by atomic mass is 35.5. The summed E-state index contributed by atoms with van der Waals surface area (Å²) in [5, 5.41) is 20.1. The molecule has 0 unspecified atom stereocenters. The smallest absolute Gasteiger partial charge is 0.416 e. The minimum atomic E-state index is -4.45. The molecule has 0 atom stereocenters. The minimum absolute atomic E-state index is 0.0226. The van der Waals surface area contributed by atoms with Gasteiger partial charge in [-0.3, -0.25) is 0 Å². The predicted octanol–water partition coefficient (Wildman–Crippen LogP) is 7.48. The summed E-state index contributed by atoms with van der Waals surface area (Å²) in [6.07, 6.45) is -4.45. The van der Waals surface area contributed by atoms with E-state index >= 15 is 0 Å². The summed E-state index contributed by atoms with van der Waals surface area (Å²) in [5.41, 5.74) is 1.01. The maximum Gasteiger partial charge on any atom is 0.416 e. The number of rotatable bonds is 4. The van der Waals surface area contributed by atoms with Crippen LogP contribution in [0.1, 0.15) is 11.1 Å². The number of alkyl halides is 3. The molecule has 8 heteroatoms. The number of hydrogen-bond donors (Lipinski definition) is 1. The topological polar surface area (TPSA) is 49.9 Å². The molecule has 0 radical (unpaired) electrons. The first-order chi connectivity index (χ1) is 14.3. The molecule has 0 aliphatic rings. The van der Waals surface area contributed by atoms with E-state index in [0.29, 0.717) is 27.2 Å². The average molecular weight is 430 g/mol. The second-order valence-corrected chi connectivity index (χ2v) is 7.09. The number of aromatic hydroxyl groups is 1. The molecule has 0 saturated heterocycles. The van der Waals surface area contributed by atoms with Crippen molar-refractivity contribution in [2.45, 2.75) is 12.7 Å². The van der Waals surface area contributed by atoms with Gasteiger partial charge in [0.05, 0.1) is 23.3 Å². The maximum absolute atomic E-state index is 13.1. The molecule has 0 aliphatic carbocycles. The van der Waals surface area contributed by atoms with Gasteiger partial charge in [0, 0.05) is 10.4 Å². The Morgan fingerprint density at radius 2 is 1.67 bits per heavy atom. The van der Waals surface area contributed by atoms with Crippen LogP contribution in [0.25, 0.3) is 10.9 Å². The van der Waals surface area contributed by atoms with Crippen LogP contribution in [-0.4, -0.2) is 9.67 Å². The summed E-state index contributed by atoms with van der Waals surface area (Å²) >= 11 is 6.11. The van der Waals surface area contributed by atoms with E-state index in [1.807, 2.05) is 18.2 Å². The molecule has 1 aromatic heterocycles. The van der Waals surface area contributed by atoms with Crippen LogP contribution >= 0.6 is 11.6 Å². The molecule has 0 saturated carbocycles. The summed E-state index contributed by atoms with van der Waals surface area (Å²) in [7, 11) is 0. The Morgan fingerprint density at radius 3 is 2.40 bits per heavy atom. The zero-order valence-corrected chi connectivity index (χ0v) is 16.2. The van der Waals surface area contributed by atoms with Crippen LogP contribution in [-0.2, 0) is 12.7 Å². The van der Waals surface area contributed by atoms with Crippen molar-refractivity contribution in [3.63, 3.8) is 0 Å². The van der Waals surface area contributed by atoms with Gasteiger partial charge in [-0.2, -0.15) is 18.3 Å². The fraction of sp³-hybridized carbons (Fsp3) is 0.0909. The first-order valence-corrected chi connectivity index (χ1v) is 9.34. The van der Waals surface area contributed by atoms with E-state index in [4.69, 9.17) is 11.6 Å². The largest absolute Gasteiger partial charge is 0.493 e. The lowest BCUT2D eigenvalue weighted by Gasteiger charge is -2.11. The molecule has 1 heterocycles. The number of halogens is 4. The summed E-state index contributed by atoms with van der Waals surface area (Å²) in [4.78, 5) is 0. The predicted molar refractivity (Wildman–Crippen MR) is 110 cm³/mol. The highest BCUT2D eigenvalue weighted by molar-refractivity contribution is 6.31. The van der Waals surface area contributed by atoms with Crippen LogP contribution in [0.2, 0.25) is 5.02 Å². The van der Waals surface area contributed by atoms with Crippen molar-refractivity contribution < 1.29 is 18.3 Å². The molecular formula is C22H15ClF3N3O. The maximum atomic E-state index is 13.1. The molecule has 4 rings (SSSR count). The van der Waals surface area contributed by atoms with Crippen LogP contribution in [0.4, 0.5) is 24.5 Å². The van der Waals surface area contributed by atoms with Crippen molar-refractivity contribution in [2.24, 2.45) is 10.2 Å². The van der Waals surface area contributed by atoms with E-state index in [1.54, 1.807) is 36.4 Å². The van der Waals surface area contributed by atoms with Crippen molar-refractivity contribution in [1.29, 1.82) is 0 Å². The molecule has 4 nitrogen and oxygen atoms in total. The molecule has 0 aliphatic heterocycles. The number of nitrogens with zero attached hydrogens (tertiary/aromatic N) is 3. The van der Waals surface area contributed by atoms with Crippen molar-refractivity contribution in [3.05, 3.63) is 88.9 Å². The van der Waals surface area contributed by atoms with E-state index in [2.05, 4.69) is 10.2 Å². The minimum Gasteiger partial charge on any atom is -0.493 e. The number of azo groups is 1. The van der Waals surface area contributed by atoms with Gasteiger partial charge in [0.2, 0.25) is 5.88 Å². The zero-order valence-electron chi connectivity index (χ0n) is 15.4. The third kappa shape index (κ3) is 4.02. The zero-order chi connectivity index (χ0) is 21.3. The third-order valence-corrected chi connectivity index (χ3v) is 4.82. The lowest BCUT2D eigenvalue weighted by atomic mass is 10.1. The summed E-state index contributed by atoms with van der Waals surface area (Å²) < 4.78 is 40.6. The van der Waals surface area contributed by atoms with Gasteiger partial charge in [-0.05, 0) is 48.0 Å². The van der Waals surface area contributed by atoms with Gasteiger partial charge in [-0.25, -0.2) is 0 Å². The second kappa shape index (κ2) is 7.84. The van der Waals surface area contributed by atoms with E-state index in [0.717, 1.165) is 12.1 Å². The summed E-state index contributed by atoms with van der Waals surface area (Å²) in [6.45, 7) is 0.0226. The Morgan fingerprint density at radius 1 is 0.900 bits per heavy atom. The van der Waals surface area contributed by atoms with Crippen LogP contribution < -0.4 is 0 Å². The van der Waals surface area contributed by atoms with Crippen molar-refractivity contribution >= 4 is 33.9 Å². The van der Waals surface area contributed by atoms with Crippen LogP contribution in [0.15, 0.2) is 83.0 Å². The van der Waals surface area contributed by atoms with Crippen molar-refractivity contribution in [1.82, 2.24) is 4.57 Å². The molecule has 0 spiro atoms. The van der Waals surface area contributed by atoms with E-state index in [-0.39, 0.29) is 18.1 Å². The highest BCUT2D eigenvalue weighted by Crippen LogP contribution is 2.41. The lowest BCUT2D eigenvalue weighted by molar-refractivity contribution is -0.137. The Balaban J connectivity index is 1.79. The van der Waals surface area contributed by atoms with Crippen LogP contribution in [0.3, 0.4) is 0 Å². The van der Waals surface area contributed by atoms with Gasteiger partial charge in [0.25, 0.3) is 0 Å². The first-order valence-electron chi connectivity index (χ1n) is 8.96. The Kier molecular flexibility index (Phi) is 5.22.